The summed E-state index contributed by atoms with van der Waals surface area (Å²) in [5.41, 5.74) is 0. The van der Waals surface area contributed by atoms with Crippen LogP contribution in [0.2, 0.25) is 0 Å². The van der Waals surface area contributed by atoms with Gasteiger partial charge >= 0.3 is 0 Å². The van der Waals surface area contributed by atoms with Gasteiger partial charge in [0.15, 0.2) is 0 Å². The van der Waals surface area contributed by atoms with Gasteiger partial charge in [0.25, 0.3) is 0 Å². The van der Waals surface area contributed by atoms with Gasteiger partial charge < -0.3 is 4.74 Å². The van der Waals surface area contributed by atoms with Gasteiger partial charge in [0, 0.05) is 18.4 Å². The largest absolute Gasteiger partial charge is 0.378 e. The van der Waals surface area contributed by atoms with Gasteiger partial charge in [-0.15, -0.1) is 0 Å². The molecular weight excluding hydrogens is 280 g/mol. The smallest absolute Gasteiger partial charge is 0.0576 e. The Morgan fingerprint density at radius 3 is 1.91 bits per heavy atom. The highest BCUT2D eigenvalue weighted by Gasteiger charge is 2.22. The molecule has 0 aliphatic heterocycles. The Bertz CT molecular complexity index is 348. The van der Waals surface area contributed by atoms with Crippen molar-refractivity contribution in [3.63, 3.8) is 0 Å². The SMILES string of the molecule is CCCCCC1CCC(C#CC2CCC(OCCC)CC2)CC1. The van der Waals surface area contributed by atoms with E-state index in [2.05, 4.69) is 25.7 Å². The van der Waals surface area contributed by atoms with Crippen LogP contribution in [0.4, 0.5) is 0 Å². The highest BCUT2D eigenvalue weighted by atomic mass is 16.5. The predicted molar refractivity (Wildman–Crippen MR) is 99.4 cm³/mol. The van der Waals surface area contributed by atoms with E-state index in [4.69, 9.17) is 4.74 Å². The third-order valence-electron chi connectivity index (χ3n) is 5.79. The van der Waals surface area contributed by atoms with Crippen molar-refractivity contribution >= 4 is 0 Å². The normalized spacial score (nSPS) is 31.4. The summed E-state index contributed by atoms with van der Waals surface area (Å²) in [6.07, 6.45) is 17.9. The van der Waals surface area contributed by atoms with Crippen molar-refractivity contribution in [2.75, 3.05) is 6.61 Å². The summed E-state index contributed by atoms with van der Waals surface area (Å²) in [6, 6.07) is 0. The molecule has 0 aromatic heterocycles. The van der Waals surface area contributed by atoms with Crippen LogP contribution >= 0.6 is 0 Å². The summed E-state index contributed by atoms with van der Waals surface area (Å²) in [5.74, 6) is 9.63. The van der Waals surface area contributed by atoms with Crippen LogP contribution in [0.1, 0.15) is 97.3 Å². The molecule has 0 saturated heterocycles. The van der Waals surface area contributed by atoms with Gasteiger partial charge in [-0.25, -0.2) is 0 Å². The van der Waals surface area contributed by atoms with Crippen molar-refractivity contribution in [3.05, 3.63) is 0 Å². The summed E-state index contributed by atoms with van der Waals surface area (Å²) in [4.78, 5) is 0. The maximum atomic E-state index is 5.88. The van der Waals surface area contributed by atoms with Gasteiger partial charge in [-0.05, 0) is 63.7 Å². The van der Waals surface area contributed by atoms with Crippen molar-refractivity contribution in [3.8, 4) is 11.8 Å². The maximum Gasteiger partial charge on any atom is 0.0576 e. The summed E-state index contributed by atoms with van der Waals surface area (Å²) in [6.45, 7) is 5.42. The fourth-order valence-corrected chi connectivity index (χ4v) is 4.17. The van der Waals surface area contributed by atoms with E-state index in [9.17, 15) is 0 Å². The topological polar surface area (TPSA) is 9.23 Å². The lowest BCUT2D eigenvalue weighted by Crippen LogP contribution is -2.21. The second kappa shape index (κ2) is 11.1. The number of ether oxygens (including phenoxy) is 1. The number of hydrogen-bond donors (Lipinski definition) is 0. The third-order valence-corrected chi connectivity index (χ3v) is 5.79. The van der Waals surface area contributed by atoms with E-state index in [1.807, 2.05) is 0 Å². The van der Waals surface area contributed by atoms with E-state index >= 15 is 0 Å². The molecule has 0 amide bonds. The minimum atomic E-state index is 0.520. The van der Waals surface area contributed by atoms with Crippen molar-refractivity contribution < 1.29 is 4.74 Å². The average molecular weight is 319 g/mol. The molecule has 0 radical (unpaired) electrons. The number of rotatable bonds is 7. The first-order chi connectivity index (χ1) is 11.3. The van der Waals surface area contributed by atoms with E-state index in [0.717, 1.165) is 18.9 Å². The fourth-order valence-electron chi connectivity index (χ4n) is 4.17. The molecule has 2 aliphatic rings. The van der Waals surface area contributed by atoms with E-state index < -0.39 is 0 Å². The summed E-state index contributed by atoms with van der Waals surface area (Å²) >= 11 is 0. The zero-order chi connectivity index (χ0) is 16.3. The third kappa shape index (κ3) is 7.30. The molecule has 1 nitrogen and oxygen atoms in total. The predicted octanol–water partition coefficient (Wildman–Crippen LogP) is 6.36. The molecule has 2 rings (SSSR count). The molecule has 0 unspecified atom stereocenters. The molecule has 0 spiro atoms. The van der Waals surface area contributed by atoms with Crippen molar-refractivity contribution in [2.24, 2.45) is 17.8 Å². The quantitative estimate of drug-likeness (QED) is 0.392. The van der Waals surface area contributed by atoms with Crippen LogP contribution in [-0.2, 0) is 4.74 Å². The standard InChI is InChI=1S/C22H38O/c1-3-5-6-7-19-8-10-20(11-9-19)12-13-21-14-16-22(17-15-21)23-18-4-2/h19-22H,3-11,14-18H2,1-2H3. The molecule has 0 bridgehead atoms. The first-order valence-electron chi connectivity index (χ1n) is 10.4. The van der Waals surface area contributed by atoms with Gasteiger partial charge in [0.05, 0.1) is 6.10 Å². The van der Waals surface area contributed by atoms with E-state index in [-0.39, 0.29) is 0 Å². The van der Waals surface area contributed by atoms with E-state index in [0.29, 0.717) is 17.9 Å². The lowest BCUT2D eigenvalue weighted by atomic mass is 9.79. The molecule has 1 heteroatoms. The highest BCUT2D eigenvalue weighted by Crippen LogP contribution is 2.32. The zero-order valence-electron chi connectivity index (χ0n) is 15.6. The van der Waals surface area contributed by atoms with Crippen molar-refractivity contribution in [1.29, 1.82) is 0 Å². The minimum Gasteiger partial charge on any atom is -0.378 e. The average Bonchev–Trinajstić information content (AvgIpc) is 2.60. The lowest BCUT2D eigenvalue weighted by Gasteiger charge is -2.27. The molecule has 0 N–H and O–H groups in total. The van der Waals surface area contributed by atoms with Gasteiger partial charge in [-0.2, -0.15) is 0 Å². The van der Waals surface area contributed by atoms with Gasteiger partial charge in [-0.1, -0.05) is 51.4 Å². The number of hydrogen-bond acceptors (Lipinski definition) is 1. The Labute approximate surface area is 145 Å². The molecule has 132 valence electrons. The van der Waals surface area contributed by atoms with Crippen LogP contribution < -0.4 is 0 Å². The minimum absolute atomic E-state index is 0.520. The van der Waals surface area contributed by atoms with Gasteiger partial charge in [-0.3, -0.25) is 0 Å². The summed E-state index contributed by atoms with van der Waals surface area (Å²) < 4.78 is 5.88. The van der Waals surface area contributed by atoms with E-state index in [1.165, 1.54) is 77.0 Å². The maximum absolute atomic E-state index is 5.88. The van der Waals surface area contributed by atoms with Crippen LogP contribution in [0.5, 0.6) is 0 Å². The summed E-state index contributed by atoms with van der Waals surface area (Å²) in [5, 5.41) is 0. The zero-order valence-corrected chi connectivity index (χ0v) is 15.6. The Hall–Kier alpha value is -0.480. The molecule has 0 aromatic carbocycles. The molecule has 2 aliphatic carbocycles. The Balaban J connectivity index is 1.61. The highest BCUT2D eigenvalue weighted by molar-refractivity contribution is 5.09. The monoisotopic (exact) mass is 318 g/mol. The Morgan fingerprint density at radius 1 is 0.739 bits per heavy atom. The molecule has 0 atom stereocenters. The second-order valence-electron chi connectivity index (χ2n) is 7.85. The van der Waals surface area contributed by atoms with Crippen LogP contribution in [0.3, 0.4) is 0 Å². The second-order valence-corrected chi connectivity index (χ2v) is 7.85. The summed E-state index contributed by atoms with van der Waals surface area (Å²) in [7, 11) is 0. The molecule has 23 heavy (non-hydrogen) atoms. The first kappa shape index (κ1) is 18.9. The molecule has 2 fully saturated rings. The van der Waals surface area contributed by atoms with Crippen LogP contribution in [0.25, 0.3) is 0 Å². The van der Waals surface area contributed by atoms with Crippen LogP contribution in [-0.4, -0.2) is 12.7 Å². The van der Waals surface area contributed by atoms with Crippen molar-refractivity contribution in [2.45, 2.75) is 103 Å². The van der Waals surface area contributed by atoms with Crippen LogP contribution in [0.15, 0.2) is 0 Å². The fraction of sp³-hybridized carbons (Fsp3) is 0.909. The van der Waals surface area contributed by atoms with Crippen LogP contribution in [0, 0.1) is 29.6 Å². The van der Waals surface area contributed by atoms with Gasteiger partial charge in [0.2, 0.25) is 0 Å². The van der Waals surface area contributed by atoms with E-state index in [1.54, 1.807) is 0 Å². The van der Waals surface area contributed by atoms with Gasteiger partial charge in [0.1, 0.15) is 0 Å². The van der Waals surface area contributed by atoms with Crippen molar-refractivity contribution in [1.82, 2.24) is 0 Å². The Morgan fingerprint density at radius 2 is 1.35 bits per heavy atom. The number of unbranched alkanes of at least 4 members (excludes halogenated alkanes) is 2. The molecule has 0 heterocycles. The molecule has 2 saturated carbocycles. The molecule has 0 aromatic rings. The lowest BCUT2D eigenvalue weighted by molar-refractivity contribution is 0.0234. The molecular formula is C22H38O. The first-order valence-corrected chi connectivity index (χ1v) is 10.4. The Kier molecular flexibility index (Phi) is 9.13.